The van der Waals surface area contributed by atoms with Gasteiger partial charge in [0.25, 0.3) is 0 Å². The van der Waals surface area contributed by atoms with E-state index in [0.717, 1.165) is 16.5 Å². The number of nitrogen functional groups attached to an aromatic ring is 1. The monoisotopic (exact) mass is 248 g/mol. The third-order valence-electron chi connectivity index (χ3n) is 2.41. The van der Waals surface area contributed by atoms with E-state index in [9.17, 15) is 0 Å². The number of benzene rings is 1. The van der Waals surface area contributed by atoms with Crippen LogP contribution in [0, 0.1) is 0 Å². The first-order valence-electron chi connectivity index (χ1n) is 5.24. The summed E-state index contributed by atoms with van der Waals surface area (Å²) >= 11 is 5.58. The van der Waals surface area contributed by atoms with Crippen LogP contribution in [0.4, 0.5) is 5.69 Å². The van der Waals surface area contributed by atoms with Crippen LogP contribution in [-0.2, 0) is 0 Å². The summed E-state index contributed by atoms with van der Waals surface area (Å²) in [4.78, 5) is 4.29. The van der Waals surface area contributed by atoms with Gasteiger partial charge in [0.05, 0.1) is 0 Å². The highest BCUT2D eigenvalue weighted by atomic mass is 35.5. The Labute approximate surface area is 105 Å². The summed E-state index contributed by atoms with van der Waals surface area (Å²) in [5, 5.41) is 0.900. The topological polar surface area (TPSA) is 48.1 Å². The lowest BCUT2D eigenvalue weighted by atomic mass is 10.1. The molecule has 2 aromatic rings. The van der Waals surface area contributed by atoms with Crippen molar-refractivity contribution in [3.8, 4) is 5.75 Å². The number of anilines is 1. The zero-order valence-corrected chi connectivity index (χ0v) is 10.2. The zero-order chi connectivity index (χ0) is 12.3. The van der Waals surface area contributed by atoms with Gasteiger partial charge in [0, 0.05) is 22.8 Å². The maximum Gasteiger partial charge on any atom is 0.146 e. The molecule has 1 heterocycles. The Morgan fingerprint density at radius 3 is 3.06 bits per heavy atom. The molecule has 0 saturated carbocycles. The van der Waals surface area contributed by atoms with Crippen LogP contribution < -0.4 is 10.5 Å². The average molecular weight is 249 g/mol. The van der Waals surface area contributed by atoms with Gasteiger partial charge in [-0.3, -0.25) is 4.98 Å². The van der Waals surface area contributed by atoms with Gasteiger partial charge in [-0.05, 0) is 36.8 Å². The molecule has 0 spiro atoms. The van der Waals surface area contributed by atoms with Crippen molar-refractivity contribution >= 4 is 28.2 Å². The van der Waals surface area contributed by atoms with Crippen LogP contribution in [0.15, 0.2) is 41.6 Å². The summed E-state index contributed by atoms with van der Waals surface area (Å²) in [5.74, 6) is 0.715. The number of halogens is 1. The maximum atomic E-state index is 5.88. The molecule has 4 heteroatoms. The van der Waals surface area contributed by atoms with Crippen LogP contribution >= 0.6 is 11.6 Å². The lowest BCUT2D eigenvalue weighted by Crippen LogP contribution is -2.00. The predicted octanol–water partition coefficient (Wildman–Crippen LogP) is 3.34. The first kappa shape index (κ1) is 11.7. The Kier molecular flexibility index (Phi) is 3.49. The fourth-order valence-corrected chi connectivity index (χ4v) is 1.57. The fraction of sp³-hybridized carbons (Fsp3) is 0.154. The van der Waals surface area contributed by atoms with Crippen LogP contribution in [0.2, 0.25) is 0 Å². The highest BCUT2D eigenvalue weighted by Crippen LogP contribution is 2.28. The molecular weight excluding hydrogens is 236 g/mol. The summed E-state index contributed by atoms with van der Waals surface area (Å²) in [6.45, 7) is 2.35. The number of hydrogen-bond donors (Lipinski definition) is 1. The standard InChI is InChI=1S/C13H13ClN2O/c1-9(7-14)8-17-12-5-4-11(15)10-3-2-6-16-13(10)12/h2-7H,8,15H2,1H3/b9-7-. The third-order valence-corrected chi connectivity index (χ3v) is 2.78. The number of nitrogens with two attached hydrogens (primary N) is 1. The number of nitrogens with zero attached hydrogens (tertiary/aromatic N) is 1. The molecule has 0 aliphatic carbocycles. The molecule has 3 nitrogen and oxygen atoms in total. The van der Waals surface area contributed by atoms with Crippen molar-refractivity contribution < 1.29 is 4.74 Å². The first-order valence-corrected chi connectivity index (χ1v) is 5.68. The van der Waals surface area contributed by atoms with Gasteiger partial charge >= 0.3 is 0 Å². The number of hydrogen-bond acceptors (Lipinski definition) is 3. The van der Waals surface area contributed by atoms with Gasteiger partial charge < -0.3 is 10.5 Å². The largest absolute Gasteiger partial charge is 0.487 e. The van der Waals surface area contributed by atoms with E-state index in [1.165, 1.54) is 5.54 Å². The summed E-state index contributed by atoms with van der Waals surface area (Å²) in [7, 11) is 0. The highest BCUT2D eigenvalue weighted by molar-refractivity contribution is 6.25. The van der Waals surface area contributed by atoms with E-state index >= 15 is 0 Å². The number of fused-ring (bicyclic) bond motifs is 1. The van der Waals surface area contributed by atoms with Crippen LogP contribution in [0.25, 0.3) is 10.9 Å². The molecule has 1 aromatic carbocycles. The lowest BCUT2D eigenvalue weighted by Gasteiger charge is -2.09. The summed E-state index contributed by atoms with van der Waals surface area (Å²) in [6.07, 6.45) is 1.72. The molecule has 0 radical (unpaired) electrons. The molecule has 2 rings (SSSR count). The van der Waals surface area contributed by atoms with Crippen molar-refractivity contribution in [1.29, 1.82) is 0 Å². The van der Waals surface area contributed by atoms with Crippen molar-refractivity contribution in [1.82, 2.24) is 4.98 Å². The van der Waals surface area contributed by atoms with E-state index in [2.05, 4.69) is 4.98 Å². The number of pyridine rings is 1. The molecule has 0 saturated heterocycles. The van der Waals surface area contributed by atoms with Crippen molar-refractivity contribution in [3.05, 3.63) is 41.6 Å². The minimum Gasteiger partial charge on any atom is -0.487 e. The van der Waals surface area contributed by atoms with Gasteiger partial charge in [0.1, 0.15) is 17.9 Å². The molecule has 17 heavy (non-hydrogen) atoms. The van der Waals surface area contributed by atoms with Crippen LogP contribution in [0.3, 0.4) is 0 Å². The van der Waals surface area contributed by atoms with E-state index in [1.807, 2.05) is 31.2 Å². The molecule has 0 bridgehead atoms. The van der Waals surface area contributed by atoms with Gasteiger partial charge in [-0.2, -0.15) is 0 Å². The first-order chi connectivity index (χ1) is 8.22. The van der Waals surface area contributed by atoms with E-state index < -0.39 is 0 Å². The predicted molar refractivity (Wildman–Crippen MR) is 71.3 cm³/mol. The Hall–Kier alpha value is -1.74. The van der Waals surface area contributed by atoms with Gasteiger partial charge in [-0.1, -0.05) is 11.6 Å². The molecule has 0 aliphatic heterocycles. The zero-order valence-electron chi connectivity index (χ0n) is 9.48. The molecule has 88 valence electrons. The Morgan fingerprint density at radius 2 is 2.29 bits per heavy atom. The van der Waals surface area contributed by atoms with Crippen molar-refractivity contribution in [2.75, 3.05) is 12.3 Å². The molecule has 0 amide bonds. The quantitative estimate of drug-likeness (QED) is 0.848. The molecule has 0 fully saturated rings. The second kappa shape index (κ2) is 5.06. The SMILES string of the molecule is C/C(=C/Cl)COc1ccc(N)c2cccnc12. The number of aromatic nitrogens is 1. The Bertz CT molecular complexity index is 566. The number of rotatable bonds is 3. The van der Waals surface area contributed by atoms with E-state index in [-0.39, 0.29) is 0 Å². The van der Waals surface area contributed by atoms with E-state index in [4.69, 9.17) is 22.1 Å². The van der Waals surface area contributed by atoms with Gasteiger partial charge in [-0.25, -0.2) is 0 Å². The minimum absolute atomic E-state index is 0.444. The Morgan fingerprint density at radius 1 is 1.47 bits per heavy atom. The molecule has 0 atom stereocenters. The van der Waals surface area contributed by atoms with Gasteiger partial charge in [0.2, 0.25) is 0 Å². The lowest BCUT2D eigenvalue weighted by molar-refractivity contribution is 0.356. The van der Waals surface area contributed by atoms with Crippen LogP contribution in [-0.4, -0.2) is 11.6 Å². The summed E-state index contributed by atoms with van der Waals surface area (Å²) in [5.41, 5.74) is 9.81. The second-order valence-electron chi connectivity index (χ2n) is 3.80. The van der Waals surface area contributed by atoms with E-state index in [0.29, 0.717) is 18.0 Å². The normalized spacial score (nSPS) is 11.8. The highest BCUT2D eigenvalue weighted by Gasteiger charge is 2.05. The smallest absolute Gasteiger partial charge is 0.146 e. The molecule has 2 N–H and O–H groups in total. The van der Waals surface area contributed by atoms with Crippen LogP contribution in [0.5, 0.6) is 5.75 Å². The maximum absolute atomic E-state index is 5.88. The molecular formula is C13H13ClN2O. The van der Waals surface area contributed by atoms with Gasteiger partial charge in [0.15, 0.2) is 0 Å². The Balaban J connectivity index is 2.38. The average Bonchev–Trinajstić information content (AvgIpc) is 2.38. The van der Waals surface area contributed by atoms with Crippen molar-refractivity contribution in [2.24, 2.45) is 0 Å². The third kappa shape index (κ3) is 2.50. The van der Waals surface area contributed by atoms with Gasteiger partial charge in [-0.15, -0.1) is 0 Å². The van der Waals surface area contributed by atoms with E-state index in [1.54, 1.807) is 6.20 Å². The number of ether oxygens (including phenoxy) is 1. The van der Waals surface area contributed by atoms with Crippen LogP contribution in [0.1, 0.15) is 6.92 Å². The molecule has 1 aromatic heterocycles. The second-order valence-corrected chi connectivity index (χ2v) is 4.01. The summed E-state index contributed by atoms with van der Waals surface area (Å²) < 4.78 is 5.66. The molecule has 0 unspecified atom stereocenters. The van der Waals surface area contributed by atoms with Crippen molar-refractivity contribution in [3.63, 3.8) is 0 Å². The summed E-state index contributed by atoms with van der Waals surface area (Å²) in [6, 6.07) is 7.42. The minimum atomic E-state index is 0.444. The fourth-order valence-electron chi connectivity index (χ4n) is 1.51. The molecule has 0 aliphatic rings. The van der Waals surface area contributed by atoms with Crippen molar-refractivity contribution in [2.45, 2.75) is 6.92 Å².